The molecule has 1 saturated carbocycles. The first-order valence-electron chi connectivity index (χ1n) is 8.20. The fourth-order valence-electron chi connectivity index (χ4n) is 2.69. The maximum atomic E-state index is 13.2. The molecule has 1 aromatic heterocycles. The minimum absolute atomic E-state index is 0.209. The molecule has 1 aliphatic carbocycles. The van der Waals surface area contributed by atoms with E-state index in [0.29, 0.717) is 11.9 Å². The number of benzene rings is 2. The summed E-state index contributed by atoms with van der Waals surface area (Å²) in [7, 11) is 0. The van der Waals surface area contributed by atoms with Crippen LogP contribution in [0, 0.1) is 5.82 Å². The van der Waals surface area contributed by atoms with Gasteiger partial charge in [0.1, 0.15) is 11.6 Å². The van der Waals surface area contributed by atoms with Crippen LogP contribution in [0.4, 0.5) is 16.2 Å². The average Bonchev–Trinajstić information content (AvgIpc) is 3.39. The number of carbonyl (C=O) groups excluding carboxylic acids is 1. The summed E-state index contributed by atoms with van der Waals surface area (Å²) < 4.78 is 13.2. The van der Waals surface area contributed by atoms with Gasteiger partial charge in [0.05, 0.1) is 5.52 Å². The number of halogens is 1. The number of aromatic nitrogens is 2. The lowest BCUT2D eigenvalue weighted by Crippen LogP contribution is -2.12. The van der Waals surface area contributed by atoms with Gasteiger partial charge < -0.3 is 5.32 Å². The number of carbonyl (C=O) groups is 1. The molecule has 1 heterocycles. The molecular weight excluding hydrogens is 319 g/mol. The Morgan fingerprint density at radius 3 is 2.48 bits per heavy atom. The lowest BCUT2D eigenvalue weighted by atomic mass is 10.0. The Hall–Kier alpha value is -3.02. The van der Waals surface area contributed by atoms with E-state index >= 15 is 0 Å². The van der Waals surface area contributed by atoms with Crippen LogP contribution in [-0.2, 0) is 4.79 Å². The van der Waals surface area contributed by atoms with E-state index < -0.39 is 0 Å². The van der Waals surface area contributed by atoms with Crippen LogP contribution in [0.15, 0.2) is 42.5 Å². The molecule has 1 fully saturated rings. The molecule has 1 amide bonds. The van der Waals surface area contributed by atoms with Crippen LogP contribution >= 0.6 is 0 Å². The molecule has 2 aromatic carbocycles. The topological polar surface area (TPSA) is 66.9 Å². The van der Waals surface area contributed by atoms with Crippen molar-refractivity contribution in [3.63, 3.8) is 0 Å². The Morgan fingerprint density at radius 2 is 1.80 bits per heavy atom. The lowest BCUT2D eigenvalue weighted by molar-refractivity contribution is -0.114. The van der Waals surface area contributed by atoms with Crippen LogP contribution in [0.25, 0.3) is 22.0 Å². The van der Waals surface area contributed by atoms with Gasteiger partial charge in [-0.25, -0.2) is 9.37 Å². The lowest BCUT2D eigenvalue weighted by Gasteiger charge is -2.12. The fourth-order valence-corrected chi connectivity index (χ4v) is 2.69. The first-order valence-corrected chi connectivity index (χ1v) is 8.20. The normalized spacial score (nSPS) is 13.7. The summed E-state index contributed by atoms with van der Waals surface area (Å²) in [4.78, 5) is 20.2. The molecule has 6 heteroatoms. The van der Waals surface area contributed by atoms with Crippen molar-refractivity contribution >= 4 is 28.6 Å². The van der Waals surface area contributed by atoms with Crippen molar-refractivity contribution in [3.05, 3.63) is 48.3 Å². The summed E-state index contributed by atoms with van der Waals surface area (Å²) >= 11 is 0. The summed E-state index contributed by atoms with van der Waals surface area (Å²) in [6, 6.07) is 12.6. The van der Waals surface area contributed by atoms with Gasteiger partial charge in [-0.2, -0.15) is 4.98 Å². The minimum Gasteiger partial charge on any atom is -0.367 e. The Morgan fingerprint density at radius 1 is 1.08 bits per heavy atom. The predicted molar refractivity (Wildman–Crippen MR) is 95.9 cm³/mol. The van der Waals surface area contributed by atoms with Crippen molar-refractivity contribution in [2.45, 2.75) is 25.8 Å². The van der Waals surface area contributed by atoms with Gasteiger partial charge in [0.25, 0.3) is 0 Å². The van der Waals surface area contributed by atoms with E-state index in [1.165, 1.54) is 19.1 Å². The molecule has 2 N–H and O–H groups in total. The zero-order valence-electron chi connectivity index (χ0n) is 13.7. The van der Waals surface area contributed by atoms with Crippen molar-refractivity contribution < 1.29 is 9.18 Å². The van der Waals surface area contributed by atoms with E-state index in [1.54, 1.807) is 12.1 Å². The molecular formula is C19H17FN4O. The zero-order chi connectivity index (χ0) is 17.4. The summed E-state index contributed by atoms with van der Waals surface area (Å²) in [6.07, 6.45) is 2.22. The number of nitrogens with one attached hydrogen (secondary N) is 2. The summed E-state index contributed by atoms with van der Waals surface area (Å²) in [5.74, 6) is 0.529. The summed E-state index contributed by atoms with van der Waals surface area (Å²) in [6.45, 7) is 1.43. The van der Waals surface area contributed by atoms with Gasteiger partial charge in [0, 0.05) is 18.4 Å². The molecule has 0 saturated heterocycles. The van der Waals surface area contributed by atoms with Gasteiger partial charge in [0.15, 0.2) is 0 Å². The van der Waals surface area contributed by atoms with E-state index in [1.807, 2.05) is 18.2 Å². The summed E-state index contributed by atoms with van der Waals surface area (Å²) in [5.41, 5.74) is 2.63. The maximum Gasteiger partial charge on any atom is 0.231 e. The van der Waals surface area contributed by atoms with Crippen LogP contribution in [0.1, 0.15) is 19.8 Å². The van der Waals surface area contributed by atoms with Crippen molar-refractivity contribution in [2.24, 2.45) is 0 Å². The van der Waals surface area contributed by atoms with Crippen molar-refractivity contribution in [3.8, 4) is 11.1 Å². The highest BCUT2D eigenvalue weighted by Gasteiger charge is 2.23. The maximum absolute atomic E-state index is 13.2. The minimum atomic E-state index is -0.260. The number of hydrogen-bond acceptors (Lipinski definition) is 4. The Labute approximate surface area is 144 Å². The highest BCUT2D eigenvalue weighted by Crippen LogP contribution is 2.31. The Kier molecular flexibility index (Phi) is 3.80. The zero-order valence-corrected chi connectivity index (χ0v) is 13.7. The van der Waals surface area contributed by atoms with E-state index in [4.69, 9.17) is 0 Å². The third-order valence-corrected chi connectivity index (χ3v) is 4.08. The number of anilines is 2. The molecule has 5 nitrogen and oxygen atoms in total. The third-order valence-electron chi connectivity index (χ3n) is 4.08. The molecule has 1 aliphatic rings. The molecule has 4 rings (SSSR count). The standard InChI is InChI=1S/C19H17FN4O/c1-11(25)21-19-23-17-9-4-13(12-2-5-14(20)6-3-12)10-16(17)18(24-19)22-15-7-8-15/h2-6,9-10,15H,7-8H2,1H3,(H2,21,22,23,24,25). The average molecular weight is 336 g/mol. The van der Waals surface area contributed by atoms with E-state index in [0.717, 1.165) is 34.9 Å². The molecule has 3 aromatic rings. The van der Waals surface area contributed by atoms with Crippen molar-refractivity contribution in [2.75, 3.05) is 10.6 Å². The molecule has 0 unspecified atom stereocenters. The first-order chi connectivity index (χ1) is 12.1. The molecule has 0 aliphatic heterocycles. The van der Waals surface area contributed by atoms with Crippen LogP contribution in [0.3, 0.4) is 0 Å². The Balaban J connectivity index is 1.81. The monoisotopic (exact) mass is 336 g/mol. The highest BCUT2D eigenvalue weighted by atomic mass is 19.1. The van der Waals surface area contributed by atoms with E-state index in [-0.39, 0.29) is 17.7 Å². The molecule has 0 atom stereocenters. The number of nitrogens with zero attached hydrogens (tertiary/aromatic N) is 2. The second-order valence-electron chi connectivity index (χ2n) is 6.23. The highest BCUT2D eigenvalue weighted by molar-refractivity contribution is 5.95. The number of rotatable bonds is 4. The van der Waals surface area contributed by atoms with Crippen LogP contribution in [0.5, 0.6) is 0 Å². The van der Waals surface area contributed by atoms with E-state index in [9.17, 15) is 9.18 Å². The smallest absolute Gasteiger partial charge is 0.231 e. The van der Waals surface area contributed by atoms with Gasteiger partial charge >= 0.3 is 0 Å². The Bertz CT molecular complexity index is 952. The van der Waals surface area contributed by atoms with Crippen LogP contribution in [0.2, 0.25) is 0 Å². The molecule has 25 heavy (non-hydrogen) atoms. The number of hydrogen-bond donors (Lipinski definition) is 2. The SMILES string of the molecule is CC(=O)Nc1nc(NC2CC2)c2cc(-c3ccc(F)cc3)ccc2n1. The second-order valence-corrected chi connectivity index (χ2v) is 6.23. The van der Waals surface area contributed by atoms with Gasteiger partial charge in [0.2, 0.25) is 11.9 Å². The fraction of sp³-hybridized carbons (Fsp3) is 0.211. The molecule has 0 radical (unpaired) electrons. The van der Waals surface area contributed by atoms with Gasteiger partial charge in [-0.15, -0.1) is 0 Å². The van der Waals surface area contributed by atoms with Crippen molar-refractivity contribution in [1.82, 2.24) is 9.97 Å². The molecule has 0 bridgehead atoms. The van der Waals surface area contributed by atoms with Crippen molar-refractivity contribution in [1.29, 1.82) is 0 Å². The van der Waals surface area contributed by atoms with Gasteiger partial charge in [-0.1, -0.05) is 18.2 Å². The molecule has 126 valence electrons. The number of amides is 1. The quantitative estimate of drug-likeness (QED) is 0.756. The number of fused-ring (bicyclic) bond motifs is 1. The first kappa shape index (κ1) is 15.5. The van der Waals surface area contributed by atoms with Crippen LogP contribution in [-0.4, -0.2) is 21.9 Å². The predicted octanol–water partition coefficient (Wildman–Crippen LogP) is 3.97. The molecule has 0 spiro atoms. The van der Waals surface area contributed by atoms with Crippen LogP contribution < -0.4 is 10.6 Å². The van der Waals surface area contributed by atoms with Gasteiger partial charge in [-0.3, -0.25) is 10.1 Å². The second kappa shape index (κ2) is 6.12. The largest absolute Gasteiger partial charge is 0.367 e. The third kappa shape index (κ3) is 3.42. The summed E-state index contributed by atoms with van der Waals surface area (Å²) in [5, 5.41) is 6.92. The van der Waals surface area contributed by atoms with Gasteiger partial charge in [-0.05, 0) is 48.2 Å². The van der Waals surface area contributed by atoms with E-state index in [2.05, 4.69) is 20.6 Å².